The van der Waals surface area contributed by atoms with E-state index in [4.69, 9.17) is 14.7 Å². The fourth-order valence-electron chi connectivity index (χ4n) is 6.96. The molecular weight excluding hydrogens is 618 g/mol. The largest absolute Gasteiger partial charge is 0.392 e. The van der Waals surface area contributed by atoms with Crippen molar-refractivity contribution in [1.29, 1.82) is 0 Å². The molecule has 1 heterocycles. The number of nitrogens with one attached hydrogen (secondary N) is 2. The lowest BCUT2D eigenvalue weighted by molar-refractivity contribution is -0.253. The molecule has 0 radical (unpaired) electrons. The average molecular weight is 670 g/mol. The first-order valence-electron chi connectivity index (χ1n) is 17.7. The zero-order valence-corrected chi connectivity index (χ0v) is 28.4. The third kappa shape index (κ3) is 10.6. The van der Waals surface area contributed by atoms with Crippen molar-refractivity contribution in [2.45, 2.75) is 102 Å². The summed E-state index contributed by atoms with van der Waals surface area (Å²) in [7, 11) is 0. The number of aliphatic hydroxyl groups excluding tert-OH is 1. The van der Waals surface area contributed by atoms with E-state index < -0.39 is 12.2 Å². The van der Waals surface area contributed by atoms with E-state index in [1.165, 1.54) is 25.7 Å². The zero-order chi connectivity index (χ0) is 34.4. The summed E-state index contributed by atoms with van der Waals surface area (Å²) in [6.45, 7) is 6.11. The highest BCUT2D eigenvalue weighted by Gasteiger charge is 2.34. The Morgan fingerprint density at radius 1 is 0.878 bits per heavy atom. The van der Waals surface area contributed by atoms with E-state index >= 15 is 0 Å². The number of unbranched alkanes of at least 4 members (excludes halogenated alkanes) is 2. The lowest BCUT2D eigenvalue weighted by Gasteiger charge is -2.39. The molecule has 5 rings (SSSR count). The Morgan fingerprint density at radius 3 is 2.27 bits per heavy atom. The number of hydrogen-bond acceptors (Lipinski definition) is 7. The van der Waals surface area contributed by atoms with Gasteiger partial charge in [0.25, 0.3) is 0 Å². The maximum Gasteiger partial charge on any atom is 0.243 e. The van der Waals surface area contributed by atoms with Gasteiger partial charge in [0, 0.05) is 50.5 Å². The average Bonchev–Trinajstić information content (AvgIpc) is 3.69. The van der Waals surface area contributed by atoms with Crippen LogP contribution in [0.15, 0.2) is 85.5 Å². The van der Waals surface area contributed by atoms with Crippen LogP contribution in [0.25, 0.3) is 11.1 Å². The third-order valence-corrected chi connectivity index (χ3v) is 9.68. The van der Waals surface area contributed by atoms with Gasteiger partial charge >= 0.3 is 0 Å². The molecule has 9 nitrogen and oxygen atoms in total. The molecule has 9 heteroatoms. The molecule has 262 valence electrons. The fourth-order valence-corrected chi connectivity index (χ4v) is 6.96. The minimum absolute atomic E-state index is 0.00889. The molecule has 4 N–H and O–H groups in total. The van der Waals surface area contributed by atoms with Gasteiger partial charge in [-0.15, -0.1) is 6.58 Å². The molecule has 0 bridgehead atoms. The van der Waals surface area contributed by atoms with Crippen LogP contribution in [0.5, 0.6) is 0 Å². The van der Waals surface area contributed by atoms with Gasteiger partial charge in [-0.25, -0.2) is 5.48 Å². The normalized spacial score (nSPS) is 19.5. The molecule has 1 saturated heterocycles. The molecule has 3 atom stereocenters. The second-order valence-corrected chi connectivity index (χ2v) is 13.2. The maximum atomic E-state index is 12.5. The topological polar surface area (TPSA) is 120 Å². The summed E-state index contributed by atoms with van der Waals surface area (Å²) in [5.74, 6) is -0.436. The Bertz CT molecular complexity index is 1490. The Kier molecular flexibility index (Phi) is 14.0. The number of nitrogens with zero attached hydrogens (tertiary/aromatic N) is 1. The van der Waals surface area contributed by atoms with E-state index in [1.807, 2.05) is 48.5 Å². The van der Waals surface area contributed by atoms with Crippen molar-refractivity contribution >= 4 is 11.8 Å². The molecule has 1 saturated carbocycles. The summed E-state index contributed by atoms with van der Waals surface area (Å²) in [6, 6.07) is 24.9. The molecular formula is C40H51N3O6. The van der Waals surface area contributed by atoms with Crippen molar-refractivity contribution in [3.05, 3.63) is 108 Å². The second-order valence-electron chi connectivity index (χ2n) is 13.2. The van der Waals surface area contributed by atoms with Gasteiger partial charge in [0.05, 0.1) is 18.8 Å². The number of rotatable bonds is 17. The van der Waals surface area contributed by atoms with Crippen LogP contribution in [-0.4, -0.2) is 52.3 Å². The van der Waals surface area contributed by atoms with Crippen molar-refractivity contribution in [3.8, 4) is 11.1 Å². The first kappa shape index (κ1) is 36.4. The second kappa shape index (κ2) is 18.8. The SMILES string of the molecule is C=CCN(C[C@H]1C[C@@H](c2ccc(CO)cc2)O[C@@H](c2ccc(-c3ccccc3CNC(=O)CCCCCC(=O)NO)cc2)O1)C1CCCC1. The van der Waals surface area contributed by atoms with Gasteiger partial charge in [0.2, 0.25) is 11.8 Å². The predicted molar refractivity (Wildman–Crippen MR) is 189 cm³/mol. The Balaban J connectivity index is 1.25. The van der Waals surface area contributed by atoms with Crippen molar-refractivity contribution in [2.24, 2.45) is 0 Å². The van der Waals surface area contributed by atoms with Crippen LogP contribution in [-0.2, 0) is 32.2 Å². The van der Waals surface area contributed by atoms with Gasteiger partial charge in [0.1, 0.15) is 0 Å². The number of carbonyl (C=O) groups is 2. The van der Waals surface area contributed by atoms with Crippen LogP contribution >= 0.6 is 0 Å². The molecule has 2 fully saturated rings. The molecule has 3 aromatic carbocycles. The summed E-state index contributed by atoms with van der Waals surface area (Å²) < 4.78 is 13.3. The number of hydroxylamine groups is 1. The number of ether oxygens (including phenoxy) is 2. The maximum absolute atomic E-state index is 12.5. The lowest BCUT2D eigenvalue weighted by Crippen LogP contribution is -2.43. The summed E-state index contributed by atoms with van der Waals surface area (Å²) in [6.07, 6.45) is 9.69. The molecule has 0 unspecified atom stereocenters. The van der Waals surface area contributed by atoms with E-state index in [0.29, 0.717) is 31.8 Å². The smallest absolute Gasteiger partial charge is 0.243 e. The minimum atomic E-state index is -0.531. The van der Waals surface area contributed by atoms with Gasteiger partial charge in [-0.1, -0.05) is 98.1 Å². The van der Waals surface area contributed by atoms with Gasteiger partial charge in [-0.2, -0.15) is 0 Å². The van der Waals surface area contributed by atoms with Crippen molar-refractivity contribution in [2.75, 3.05) is 13.1 Å². The van der Waals surface area contributed by atoms with E-state index in [9.17, 15) is 14.7 Å². The number of benzene rings is 3. The first-order chi connectivity index (χ1) is 24.0. The van der Waals surface area contributed by atoms with Crippen LogP contribution in [0.4, 0.5) is 0 Å². The summed E-state index contributed by atoms with van der Waals surface area (Å²) >= 11 is 0. The van der Waals surface area contributed by atoms with Crippen molar-refractivity contribution < 1.29 is 29.4 Å². The van der Waals surface area contributed by atoms with E-state index in [0.717, 1.165) is 59.3 Å². The molecule has 49 heavy (non-hydrogen) atoms. The molecule has 3 aromatic rings. The Morgan fingerprint density at radius 2 is 1.57 bits per heavy atom. The molecule has 1 aliphatic heterocycles. The van der Waals surface area contributed by atoms with E-state index in [2.05, 4.69) is 47.1 Å². The van der Waals surface area contributed by atoms with Crippen molar-refractivity contribution in [3.63, 3.8) is 0 Å². The third-order valence-electron chi connectivity index (χ3n) is 9.68. The summed E-state index contributed by atoms with van der Waals surface area (Å²) in [5, 5.41) is 21.2. The quantitative estimate of drug-likeness (QED) is 0.0535. The Hall–Kier alpha value is -3.86. The highest BCUT2D eigenvalue weighted by Crippen LogP contribution is 2.39. The summed E-state index contributed by atoms with van der Waals surface area (Å²) in [5.41, 5.74) is 7.64. The summed E-state index contributed by atoms with van der Waals surface area (Å²) in [4.78, 5) is 26.2. The van der Waals surface area contributed by atoms with Crippen LogP contribution in [0, 0.1) is 0 Å². The van der Waals surface area contributed by atoms with Gasteiger partial charge < -0.3 is 19.9 Å². The van der Waals surface area contributed by atoms with Crippen LogP contribution in [0.2, 0.25) is 0 Å². The number of carbonyl (C=O) groups excluding carboxylic acids is 2. The zero-order valence-electron chi connectivity index (χ0n) is 28.4. The van der Waals surface area contributed by atoms with Gasteiger partial charge in [0.15, 0.2) is 6.29 Å². The van der Waals surface area contributed by atoms with Crippen LogP contribution in [0.1, 0.15) is 98.9 Å². The predicted octanol–water partition coefficient (Wildman–Crippen LogP) is 6.89. The van der Waals surface area contributed by atoms with Crippen molar-refractivity contribution in [1.82, 2.24) is 15.7 Å². The standard InChI is InChI=1S/C40H51N3O6/c1-2-24-43(34-11-7-8-12-34)27-35-25-37(31-18-16-29(28-44)17-19-31)49-40(48-35)32-22-20-30(21-23-32)36-13-9-6-10-33(36)26-41-38(45)14-4-3-5-15-39(46)42-47/h2,6,9-10,13,16-23,34-35,37,40,44,47H,1,3-5,7-8,11-12,14-15,24-28H2,(H,41,45)(H,42,46)/t35-,37+,40+/m1/s1. The van der Waals surface area contributed by atoms with Crippen LogP contribution in [0.3, 0.4) is 0 Å². The van der Waals surface area contributed by atoms with Crippen LogP contribution < -0.4 is 10.8 Å². The minimum Gasteiger partial charge on any atom is -0.392 e. The monoisotopic (exact) mass is 669 g/mol. The number of hydrogen-bond donors (Lipinski definition) is 4. The van der Waals surface area contributed by atoms with E-state index in [1.54, 1.807) is 5.48 Å². The lowest BCUT2D eigenvalue weighted by atomic mass is 9.97. The first-order valence-corrected chi connectivity index (χ1v) is 17.7. The molecule has 2 aliphatic rings. The Labute approximate surface area is 290 Å². The fraction of sp³-hybridized carbons (Fsp3) is 0.450. The molecule has 1 aliphatic carbocycles. The van der Waals surface area contributed by atoms with Gasteiger partial charge in [-0.3, -0.25) is 19.7 Å². The highest BCUT2D eigenvalue weighted by molar-refractivity contribution is 5.76. The molecule has 0 aromatic heterocycles. The van der Waals surface area contributed by atoms with E-state index in [-0.39, 0.29) is 31.1 Å². The highest BCUT2D eigenvalue weighted by atomic mass is 16.7. The molecule has 2 amide bonds. The number of amides is 2. The number of aliphatic hydroxyl groups is 1. The molecule has 0 spiro atoms. The van der Waals surface area contributed by atoms with Gasteiger partial charge in [-0.05, 0) is 53.5 Å².